The summed E-state index contributed by atoms with van der Waals surface area (Å²) in [5.74, 6) is 0.868. The minimum Gasteiger partial charge on any atom is -0.497 e. The molecule has 2 N–H and O–H groups in total. The van der Waals surface area contributed by atoms with Crippen molar-refractivity contribution in [2.75, 3.05) is 17.7 Å². The van der Waals surface area contributed by atoms with Crippen LogP contribution in [-0.2, 0) is 9.59 Å². The number of thiazole rings is 1. The predicted molar refractivity (Wildman–Crippen MR) is 146 cm³/mol. The quantitative estimate of drug-likeness (QED) is 0.244. The lowest BCUT2D eigenvalue weighted by Crippen LogP contribution is -2.19. The number of nitrogens with one attached hydrogen (secondary N) is 2. The average Bonchev–Trinajstić information content (AvgIpc) is 3.68. The maximum absolute atomic E-state index is 13.4. The third-order valence-electron chi connectivity index (χ3n) is 5.78. The van der Waals surface area contributed by atoms with E-state index in [1.807, 2.05) is 84.2 Å². The van der Waals surface area contributed by atoms with Gasteiger partial charge < -0.3 is 15.4 Å². The van der Waals surface area contributed by atoms with Crippen LogP contribution >= 0.6 is 23.1 Å². The van der Waals surface area contributed by atoms with E-state index in [1.165, 1.54) is 23.1 Å². The van der Waals surface area contributed by atoms with E-state index < -0.39 is 5.25 Å². The number of benzene rings is 3. The van der Waals surface area contributed by atoms with E-state index in [-0.39, 0.29) is 17.7 Å². The van der Waals surface area contributed by atoms with Crippen molar-refractivity contribution >= 4 is 45.7 Å². The van der Waals surface area contributed by atoms with Crippen LogP contribution < -0.4 is 15.4 Å². The van der Waals surface area contributed by atoms with Gasteiger partial charge in [-0.05, 0) is 66.9 Å². The van der Waals surface area contributed by atoms with Crippen LogP contribution in [0, 0.1) is 5.92 Å². The van der Waals surface area contributed by atoms with E-state index in [2.05, 4.69) is 15.6 Å². The highest BCUT2D eigenvalue weighted by molar-refractivity contribution is 8.00. The zero-order valence-corrected chi connectivity index (χ0v) is 21.3. The number of hydrogen-bond acceptors (Lipinski definition) is 6. The summed E-state index contributed by atoms with van der Waals surface area (Å²) in [7, 11) is 1.63. The third-order valence-corrected chi connectivity index (χ3v) is 7.81. The highest BCUT2D eigenvalue weighted by Crippen LogP contribution is 2.37. The number of ether oxygens (including phenoxy) is 1. The Morgan fingerprint density at radius 1 is 0.972 bits per heavy atom. The standard InChI is InChI=1S/C28H25N3O3S2/c1-34-22-13-9-18(10-14-22)24-17-35-28(30-24)31-27(33)25(19-5-3-2-4-6-19)36-23-15-11-21(12-16-23)29-26(32)20-7-8-20/h2-6,9-17,20,25H,7-8H2,1H3,(H,29,32)(H,30,31,33). The predicted octanol–water partition coefficient (Wildman–Crippen LogP) is 6.64. The first kappa shape index (κ1) is 24.1. The van der Waals surface area contributed by atoms with Crippen molar-refractivity contribution in [3.63, 3.8) is 0 Å². The second kappa shape index (κ2) is 11.0. The van der Waals surface area contributed by atoms with Gasteiger partial charge in [-0.1, -0.05) is 30.3 Å². The fraction of sp³-hybridized carbons (Fsp3) is 0.179. The summed E-state index contributed by atoms with van der Waals surface area (Å²) in [5, 5.41) is 7.96. The normalized spacial score (nSPS) is 13.6. The zero-order valence-electron chi connectivity index (χ0n) is 19.6. The fourth-order valence-corrected chi connectivity index (χ4v) is 5.39. The smallest absolute Gasteiger partial charge is 0.244 e. The van der Waals surface area contributed by atoms with Crippen molar-refractivity contribution in [3.8, 4) is 17.0 Å². The molecule has 1 heterocycles. The van der Waals surface area contributed by atoms with Gasteiger partial charge in [0.15, 0.2) is 5.13 Å². The van der Waals surface area contributed by atoms with Crippen LogP contribution in [-0.4, -0.2) is 23.9 Å². The average molecular weight is 516 g/mol. The molecule has 3 aromatic carbocycles. The van der Waals surface area contributed by atoms with Crippen LogP contribution in [0.3, 0.4) is 0 Å². The molecule has 1 aliphatic carbocycles. The van der Waals surface area contributed by atoms with Gasteiger partial charge in [0.1, 0.15) is 11.0 Å². The van der Waals surface area contributed by atoms with Gasteiger partial charge >= 0.3 is 0 Å². The van der Waals surface area contributed by atoms with Gasteiger partial charge in [-0.25, -0.2) is 4.98 Å². The number of amides is 2. The van der Waals surface area contributed by atoms with Crippen LogP contribution in [0.15, 0.2) is 89.1 Å². The van der Waals surface area contributed by atoms with E-state index >= 15 is 0 Å². The molecule has 1 fully saturated rings. The van der Waals surface area contributed by atoms with E-state index in [9.17, 15) is 9.59 Å². The summed E-state index contributed by atoms with van der Waals surface area (Å²) in [5.41, 5.74) is 3.42. The number of carbonyl (C=O) groups excluding carboxylic acids is 2. The number of carbonyl (C=O) groups is 2. The molecule has 182 valence electrons. The molecule has 2 amide bonds. The minimum absolute atomic E-state index is 0.0781. The van der Waals surface area contributed by atoms with Gasteiger partial charge in [0.2, 0.25) is 11.8 Å². The monoisotopic (exact) mass is 515 g/mol. The molecule has 1 aliphatic rings. The second-order valence-corrected chi connectivity index (χ2v) is 10.5. The summed E-state index contributed by atoms with van der Waals surface area (Å²) >= 11 is 2.85. The number of thioether (sulfide) groups is 1. The summed E-state index contributed by atoms with van der Waals surface area (Å²) < 4.78 is 5.22. The molecule has 4 aromatic rings. The maximum Gasteiger partial charge on any atom is 0.244 e. The molecule has 0 aliphatic heterocycles. The van der Waals surface area contributed by atoms with Crippen LogP contribution in [0.5, 0.6) is 5.75 Å². The Morgan fingerprint density at radius 2 is 1.69 bits per heavy atom. The highest BCUT2D eigenvalue weighted by atomic mass is 32.2. The molecule has 0 radical (unpaired) electrons. The Bertz CT molecular complexity index is 1330. The van der Waals surface area contributed by atoms with Gasteiger partial charge in [-0.15, -0.1) is 23.1 Å². The molecule has 36 heavy (non-hydrogen) atoms. The van der Waals surface area contributed by atoms with Crippen molar-refractivity contribution in [2.24, 2.45) is 5.92 Å². The Kier molecular flexibility index (Phi) is 7.34. The SMILES string of the molecule is COc1ccc(-c2csc(NC(=O)C(Sc3ccc(NC(=O)C4CC4)cc3)c3ccccc3)n2)cc1. The molecule has 8 heteroatoms. The largest absolute Gasteiger partial charge is 0.497 e. The van der Waals surface area contributed by atoms with Crippen molar-refractivity contribution in [3.05, 3.63) is 89.8 Å². The Labute approximate surface area is 218 Å². The van der Waals surface area contributed by atoms with Crippen molar-refractivity contribution < 1.29 is 14.3 Å². The van der Waals surface area contributed by atoms with E-state index in [1.54, 1.807) is 7.11 Å². The molecule has 5 rings (SSSR count). The van der Waals surface area contributed by atoms with Gasteiger partial charge in [-0.2, -0.15) is 0 Å². The number of nitrogens with zero attached hydrogens (tertiary/aromatic N) is 1. The summed E-state index contributed by atoms with van der Waals surface area (Å²) in [6.07, 6.45) is 1.93. The molecular formula is C28H25N3O3S2. The molecule has 6 nitrogen and oxygen atoms in total. The topological polar surface area (TPSA) is 80.3 Å². The first-order valence-corrected chi connectivity index (χ1v) is 13.4. The van der Waals surface area contributed by atoms with Crippen LogP contribution in [0.2, 0.25) is 0 Å². The van der Waals surface area contributed by atoms with E-state index in [0.717, 1.165) is 46.0 Å². The van der Waals surface area contributed by atoms with Crippen LogP contribution in [0.25, 0.3) is 11.3 Å². The molecule has 1 atom stereocenters. The van der Waals surface area contributed by atoms with Crippen LogP contribution in [0.1, 0.15) is 23.7 Å². The fourth-order valence-electron chi connectivity index (χ4n) is 3.64. The third kappa shape index (κ3) is 5.95. The first-order chi connectivity index (χ1) is 17.6. The molecule has 1 saturated carbocycles. The van der Waals surface area contributed by atoms with Gasteiger partial charge in [-0.3, -0.25) is 9.59 Å². The second-order valence-electron chi connectivity index (χ2n) is 8.45. The molecule has 0 bridgehead atoms. The number of anilines is 2. The Morgan fingerprint density at radius 3 is 2.36 bits per heavy atom. The summed E-state index contributed by atoms with van der Waals surface area (Å²) in [4.78, 5) is 31.0. The van der Waals surface area contributed by atoms with Gasteiger partial charge in [0.05, 0.1) is 12.8 Å². The Hall–Kier alpha value is -3.62. The Balaban J connectivity index is 1.29. The van der Waals surface area contributed by atoms with E-state index in [0.29, 0.717) is 5.13 Å². The number of rotatable bonds is 9. The lowest BCUT2D eigenvalue weighted by molar-refractivity contribution is -0.117. The molecular weight excluding hydrogens is 490 g/mol. The van der Waals surface area contributed by atoms with Crippen molar-refractivity contribution in [2.45, 2.75) is 23.0 Å². The lowest BCUT2D eigenvalue weighted by atomic mass is 10.1. The first-order valence-electron chi connectivity index (χ1n) is 11.6. The van der Waals surface area contributed by atoms with Gasteiger partial charge in [0, 0.05) is 27.4 Å². The lowest BCUT2D eigenvalue weighted by Gasteiger charge is -2.16. The summed E-state index contributed by atoms with van der Waals surface area (Å²) in [6, 6.07) is 25.0. The minimum atomic E-state index is -0.466. The molecule has 1 unspecified atom stereocenters. The number of hydrogen-bond donors (Lipinski definition) is 2. The number of methoxy groups -OCH3 is 1. The molecule has 0 spiro atoms. The maximum atomic E-state index is 13.4. The van der Waals surface area contributed by atoms with E-state index in [4.69, 9.17) is 4.74 Å². The summed E-state index contributed by atoms with van der Waals surface area (Å²) in [6.45, 7) is 0. The van der Waals surface area contributed by atoms with Crippen LogP contribution in [0.4, 0.5) is 10.8 Å². The van der Waals surface area contributed by atoms with Crippen molar-refractivity contribution in [1.29, 1.82) is 0 Å². The molecule has 0 saturated heterocycles. The van der Waals surface area contributed by atoms with Crippen molar-refractivity contribution in [1.82, 2.24) is 4.98 Å². The zero-order chi connectivity index (χ0) is 24.9. The highest BCUT2D eigenvalue weighted by Gasteiger charge is 2.29. The van der Waals surface area contributed by atoms with Gasteiger partial charge in [0.25, 0.3) is 0 Å². The molecule has 1 aromatic heterocycles. The number of aromatic nitrogens is 1.